The summed E-state index contributed by atoms with van der Waals surface area (Å²) in [6.07, 6.45) is 3.39. The van der Waals surface area contributed by atoms with Gasteiger partial charge in [-0.05, 0) is 36.2 Å². The predicted molar refractivity (Wildman–Crippen MR) is 103 cm³/mol. The summed E-state index contributed by atoms with van der Waals surface area (Å²) in [6, 6.07) is 6.39. The van der Waals surface area contributed by atoms with E-state index in [1.165, 1.54) is 24.3 Å². The second kappa shape index (κ2) is 8.77. The molecule has 1 aliphatic heterocycles. The minimum Gasteiger partial charge on any atom is -0.340 e. The molecule has 2 aromatic rings. The second-order valence-electron chi connectivity index (χ2n) is 7.06. The van der Waals surface area contributed by atoms with Crippen molar-refractivity contribution in [2.45, 2.75) is 19.9 Å². The van der Waals surface area contributed by atoms with E-state index in [9.17, 15) is 14.0 Å². The van der Waals surface area contributed by atoms with Crippen LogP contribution >= 0.6 is 0 Å². The Morgan fingerprint density at radius 2 is 1.64 bits per heavy atom. The summed E-state index contributed by atoms with van der Waals surface area (Å²) < 4.78 is 13.1. The number of rotatable bonds is 5. The highest BCUT2D eigenvalue weighted by Crippen LogP contribution is 2.14. The van der Waals surface area contributed by atoms with Crippen LogP contribution in [0.3, 0.4) is 0 Å². The van der Waals surface area contributed by atoms with E-state index in [1.807, 2.05) is 18.7 Å². The van der Waals surface area contributed by atoms with Gasteiger partial charge in [-0.2, -0.15) is 0 Å². The minimum absolute atomic E-state index is 0.0765. The lowest BCUT2D eigenvalue weighted by atomic mass is 10.0. The molecule has 2 heterocycles. The summed E-state index contributed by atoms with van der Waals surface area (Å²) in [7, 11) is 0. The van der Waals surface area contributed by atoms with E-state index >= 15 is 0 Å². The van der Waals surface area contributed by atoms with Gasteiger partial charge in [0, 0.05) is 44.1 Å². The molecule has 8 heteroatoms. The zero-order valence-electron chi connectivity index (χ0n) is 16.0. The third kappa shape index (κ3) is 4.62. The van der Waals surface area contributed by atoms with Crippen LogP contribution in [0.1, 0.15) is 24.2 Å². The number of nitrogens with zero attached hydrogens (tertiary/aromatic N) is 4. The fourth-order valence-corrected chi connectivity index (χ4v) is 3.12. The zero-order chi connectivity index (χ0) is 20.1. The molecular formula is C20H24FN5O2. The lowest BCUT2D eigenvalue weighted by molar-refractivity contribution is -0.134. The summed E-state index contributed by atoms with van der Waals surface area (Å²) in [4.78, 5) is 37.7. The molecule has 1 aromatic heterocycles. The van der Waals surface area contributed by atoms with Gasteiger partial charge < -0.3 is 15.1 Å². The van der Waals surface area contributed by atoms with Crippen molar-refractivity contribution in [2.24, 2.45) is 5.92 Å². The van der Waals surface area contributed by atoms with Crippen molar-refractivity contribution in [3.8, 4) is 0 Å². The van der Waals surface area contributed by atoms with Crippen molar-refractivity contribution in [2.75, 3.05) is 31.1 Å². The van der Waals surface area contributed by atoms with Gasteiger partial charge in [0.1, 0.15) is 11.9 Å². The number of hydrogen-bond donors (Lipinski definition) is 1. The van der Waals surface area contributed by atoms with Crippen LogP contribution in [0.5, 0.6) is 0 Å². The second-order valence-corrected chi connectivity index (χ2v) is 7.06. The molecule has 1 aliphatic rings. The summed E-state index contributed by atoms with van der Waals surface area (Å²) in [5, 5.41) is 2.80. The van der Waals surface area contributed by atoms with Gasteiger partial charge in [-0.3, -0.25) is 9.59 Å². The number of nitrogens with one attached hydrogen (secondary N) is 1. The molecule has 0 aliphatic carbocycles. The molecule has 0 radical (unpaired) electrons. The molecule has 1 saturated heterocycles. The SMILES string of the molecule is CC(C)[C@@H](NC(=O)c1ccc(F)cc1)C(=O)N1CCN(c2ncccn2)CC1. The highest BCUT2D eigenvalue weighted by molar-refractivity contribution is 5.97. The van der Waals surface area contributed by atoms with Crippen molar-refractivity contribution >= 4 is 17.8 Å². The van der Waals surface area contributed by atoms with Crippen molar-refractivity contribution in [3.05, 3.63) is 54.1 Å². The molecule has 3 rings (SSSR count). The minimum atomic E-state index is -0.642. The Balaban J connectivity index is 1.62. The summed E-state index contributed by atoms with van der Waals surface area (Å²) in [6.45, 7) is 6.11. The Labute approximate surface area is 163 Å². The zero-order valence-corrected chi connectivity index (χ0v) is 16.0. The van der Waals surface area contributed by atoms with Crippen LogP contribution in [0.2, 0.25) is 0 Å². The first kappa shape index (κ1) is 19.7. The van der Waals surface area contributed by atoms with E-state index in [4.69, 9.17) is 0 Å². The summed E-state index contributed by atoms with van der Waals surface area (Å²) in [5.74, 6) is -0.331. The normalized spacial score (nSPS) is 15.4. The number of carbonyl (C=O) groups excluding carboxylic acids is 2. The van der Waals surface area contributed by atoms with Gasteiger partial charge in [-0.15, -0.1) is 0 Å². The van der Waals surface area contributed by atoms with E-state index in [0.29, 0.717) is 37.7 Å². The maximum atomic E-state index is 13.1. The first-order valence-corrected chi connectivity index (χ1v) is 9.33. The van der Waals surface area contributed by atoms with Crippen molar-refractivity contribution in [1.29, 1.82) is 0 Å². The topological polar surface area (TPSA) is 78.4 Å². The van der Waals surface area contributed by atoms with Crippen molar-refractivity contribution in [1.82, 2.24) is 20.2 Å². The maximum Gasteiger partial charge on any atom is 0.251 e. The Morgan fingerprint density at radius 3 is 2.21 bits per heavy atom. The number of hydrogen-bond acceptors (Lipinski definition) is 5. The average Bonchev–Trinajstić information content (AvgIpc) is 2.72. The van der Waals surface area contributed by atoms with E-state index in [1.54, 1.807) is 23.4 Å². The first-order chi connectivity index (χ1) is 13.5. The number of carbonyl (C=O) groups is 2. The molecule has 28 heavy (non-hydrogen) atoms. The Kier molecular flexibility index (Phi) is 6.18. The van der Waals surface area contributed by atoms with Crippen LogP contribution in [0.15, 0.2) is 42.7 Å². The number of amides is 2. The van der Waals surface area contributed by atoms with Gasteiger partial charge in [0.15, 0.2) is 0 Å². The van der Waals surface area contributed by atoms with Gasteiger partial charge >= 0.3 is 0 Å². The summed E-state index contributed by atoms with van der Waals surface area (Å²) in [5.41, 5.74) is 0.325. The van der Waals surface area contributed by atoms with Crippen LogP contribution < -0.4 is 10.2 Å². The number of halogens is 1. The molecular weight excluding hydrogens is 361 g/mol. The highest BCUT2D eigenvalue weighted by Gasteiger charge is 2.31. The lowest BCUT2D eigenvalue weighted by Gasteiger charge is -2.37. The smallest absolute Gasteiger partial charge is 0.251 e. The van der Waals surface area contributed by atoms with Crippen LogP contribution in [0.4, 0.5) is 10.3 Å². The maximum absolute atomic E-state index is 13.1. The fourth-order valence-electron chi connectivity index (χ4n) is 3.12. The first-order valence-electron chi connectivity index (χ1n) is 9.33. The molecule has 148 valence electrons. The molecule has 7 nitrogen and oxygen atoms in total. The van der Waals surface area contributed by atoms with Crippen LogP contribution in [0.25, 0.3) is 0 Å². The van der Waals surface area contributed by atoms with E-state index in [2.05, 4.69) is 15.3 Å². The van der Waals surface area contributed by atoms with Crippen molar-refractivity contribution in [3.63, 3.8) is 0 Å². The van der Waals surface area contributed by atoms with Crippen LogP contribution in [-0.2, 0) is 4.79 Å². The molecule has 1 aromatic carbocycles. The average molecular weight is 385 g/mol. The third-order valence-corrected chi connectivity index (χ3v) is 4.75. The largest absolute Gasteiger partial charge is 0.340 e. The molecule has 1 fully saturated rings. The van der Waals surface area contributed by atoms with Gasteiger partial charge in [0.2, 0.25) is 11.9 Å². The van der Waals surface area contributed by atoms with Crippen molar-refractivity contribution < 1.29 is 14.0 Å². The predicted octanol–water partition coefficient (Wildman–Crippen LogP) is 1.72. The number of piperazine rings is 1. The number of aromatic nitrogens is 2. The molecule has 1 atom stereocenters. The lowest BCUT2D eigenvalue weighted by Crippen LogP contribution is -2.56. The molecule has 0 unspecified atom stereocenters. The molecule has 0 saturated carbocycles. The highest BCUT2D eigenvalue weighted by atomic mass is 19.1. The Morgan fingerprint density at radius 1 is 1.04 bits per heavy atom. The number of benzene rings is 1. The van der Waals surface area contributed by atoms with E-state index in [-0.39, 0.29) is 17.7 Å². The monoisotopic (exact) mass is 385 g/mol. The number of anilines is 1. The Hall–Kier alpha value is -3.03. The van der Waals surface area contributed by atoms with Gasteiger partial charge in [0.05, 0.1) is 0 Å². The molecule has 0 spiro atoms. The molecule has 2 amide bonds. The van der Waals surface area contributed by atoms with Crippen LogP contribution in [-0.4, -0.2) is 58.9 Å². The van der Waals surface area contributed by atoms with Gasteiger partial charge in [0.25, 0.3) is 5.91 Å². The van der Waals surface area contributed by atoms with Gasteiger partial charge in [-0.1, -0.05) is 13.8 Å². The quantitative estimate of drug-likeness (QED) is 0.848. The Bertz CT molecular complexity index is 805. The standard InChI is InChI=1S/C20H24FN5O2/c1-14(2)17(24-18(27)15-4-6-16(21)7-5-15)19(28)25-10-12-26(13-11-25)20-22-8-3-9-23-20/h3-9,14,17H,10-13H2,1-2H3,(H,24,27)/t17-/m1/s1. The summed E-state index contributed by atoms with van der Waals surface area (Å²) >= 11 is 0. The molecule has 1 N–H and O–H groups in total. The molecule has 0 bridgehead atoms. The van der Waals surface area contributed by atoms with Crippen LogP contribution in [0, 0.1) is 11.7 Å². The van der Waals surface area contributed by atoms with Gasteiger partial charge in [-0.25, -0.2) is 14.4 Å². The fraction of sp³-hybridized carbons (Fsp3) is 0.400. The third-order valence-electron chi connectivity index (χ3n) is 4.75. The van der Waals surface area contributed by atoms with E-state index in [0.717, 1.165) is 0 Å². The van der Waals surface area contributed by atoms with E-state index < -0.39 is 11.9 Å².